The second kappa shape index (κ2) is 4.46. The monoisotopic (exact) mass is 244 g/mol. The Balaban J connectivity index is 2.13. The van der Waals surface area contributed by atoms with Gasteiger partial charge in [-0.25, -0.2) is 0 Å². The van der Waals surface area contributed by atoms with Gasteiger partial charge in [-0.3, -0.25) is 4.79 Å². The van der Waals surface area contributed by atoms with Gasteiger partial charge in [-0.05, 0) is 18.1 Å². The number of hydrogen-bond donors (Lipinski definition) is 2. The number of para-hydroxylation sites is 1. The van der Waals surface area contributed by atoms with Crippen molar-refractivity contribution in [1.82, 2.24) is 9.88 Å². The standard InChI is InChI=1S/C14H16N2O2/c17-14(18)6-5-11-10-3-1-2-4-12(10)16-8-7-15-9-13(11)16/h1-4,15H,5-9H2,(H,17,18). The molecule has 2 N–H and O–H groups in total. The molecule has 1 aliphatic heterocycles. The van der Waals surface area contributed by atoms with Gasteiger partial charge < -0.3 is 15.0 Å². The molecule has 0 bridgehead atoms. The molecule has 0 saturated carbocycles. The Morgan fingerprint density at radius 2 is 2.22 bits per heavy atom. The highest BCUT2D eigenvalue weighted by Gasteiger charge is 2.19. The Hall–Kier alpha value is -1.81. The summed E-state index contributed by atoms with van der Waals surface area (Å²) in [7, 11) is 0. The minimum Gasteiger partial charge on any atom is -0.481 e. The molecular weight excluding hydrogens is 228 g/mol. The van der Waals surface area contributed by atoms with Gasteiger partial charge in [-0.15, -0.1) is 0 Å². The fourth-order valence-corrected chi connectivity index (χ4v) is 2.79. The van der Waals surface area contributed by atoms with Crippen LogP contribution in [0.4, 0.5) is 0 Å². The lowest BCUT2D eigenvalue weighted by Gasteiger charge is -2.18. The summed E-state index contributed by atoms with van der Waals surface area (Å²) in [6, 6.07) is 8.27. The highest BCUT2D eigenvalue weighted by Crippen LogP contribution is 2.28. The molecule has 1 aromatic heterocycles. The molecule has 1 aromatic carbocycles. The Labute approximate surface area is 105 Å². The van der Waals surface area contributed by atoms with Crippen molar-refractivity contribution in [3.8, 4) is 0 Å². The first-order valence-corrected chi connectivity index (χ1v) is 6.29. The highest BCUT2D eigenvalue weighted by atomic mass is 16.4. The quantitative estimate of drug-likeness (QED) is 0.865. The number of nitrogens with one attached hydrogen (secondary N) is 1. The fraction of sp³-hybridized carbons (Fsp3) is 0.357. The normalized spacial score (nSPS) is 14.7. The number of carbonyl (C=O) groups is 1. The van der Waals surface area contributed by atoms with Gasteiger partial charge in [0.25, 0.3) is 0 Å². The number of aryl methyl sites for hydroxylation is 1. The van der Waals surface area contributed by atoms with Crippen LogP contribution in [-0.4, -0.2) is 22.2 Å². The number of carboxylic acid groups (broad SMARTS) is 1. The van der Waals surface area contributed by atoms with Crippen LogP contribution in [0.5, 0.6) is 0 Å². The molecule has 0 fully saturated rings. The van der Waals surface area contributed by atoms with E-state index in [1.807, 2.05) is 12.1 Å². The van der Waals surface area contributed by atoms with Gasteiger partial charge in [-0.2, -0.15) is 0 Å². The first-order chi connectivity index (χ1) is 8.77. The molecule has 4 nitrogen and oxygen atoms in total. The predicted molar refractivity (Wildman–Crippen MR) is 69.6 cm³/mol. The summed E-state index contributed by atoms with van der Waals surface area (Å²) in [4.78, 5) is 10.8. The lowest BCUT2D eigenvalue weighted by molar-refractivity contribution is -0.136. The third-order valence-corrected chi connectivity index (χ3v) is 3.59. The van der Waals surface area contributed by atoms with Crippen molar-refractivity contribution in [1.29, 1.82) is 0 Å². The summed E-state index contributed by atoms with van der Waals surface area (Å²) >= 11 is 0. The molecule has 4 heteroatoms. The largest absolute Gasteiger partial charge is 0.481 e. The number of nitrogens with zero attached hydrogens (tertiary/aromatic N) is 1. The van der Waals surface area contributed by atoms with Crippen molar-refractivity contribution >= 4 is 16.9 Å². The van der Waals surface area contributed by atoms with Crippen molar-refractivity contribution in [2.24, 2.45) is 0 Å². The summed E-state index contributed by atoms with van der Waals surface area (Å²) in [5, 5.41) is 13.4. The first-order valence-electron chi connectivity index (χ1n) is 6.29. The van der Waals surface area contributed by atoms with Crippen molar-refractivity contribution in [3.63, 3.8) is 0 Å². The van der Waals surface area contributed by atoms with Crippen LogP contribution in [-0.2, 0) is 24.3 Å². The molecule has 0 aliphatic carbocycles. The van der Waals surface area contributed by atoms with E-state index in [0.717, 1.165) is 19.6 Å². The van der Waals surface area contributed by atoms with E-state index in [1.54, 1.807) is 0 Å². The minimum atomic E-state index is -0.734. The molecule has 0 amide bonds. The van der Waals surface area contributed by atoms with Crippen molar-refractivity contribution in [2.75, 3.05) is 6.54 Å². The van der Waals surface area contributed by atoms with E-state index in [1.165, 1.54) is 22.2 Å². The molecule has 3 rings (SSSR count). The number of hydrogen-bond acceptors (Lipinski definition) is 2. The van der Waals surface area contributed by atoms with Crippen LogP contribution >= 0.6 is 0 Å². The molecule has 0 atom stereocenters. The molecular formula is C14H16N2O2. The van der Waals surface area contributed by atoms with Gasteiger partial charge in [0.1, 0.15) is 0 Å². The van der Waals surface area contributed by atoms with Gasteiger partial charge in [0.2, 0.25) is 0 Å². The summed E-state index contributed by atoms with van der Waals surface area (Å²) in [6.07, 6.45) is 0.806. The van der Waals surface area contributed by atoms with Gasteiger partial charge >= 0.3 is 5.97 Å². The second-order valence-corrected chi connectivity index (χ2v) is 4.66. The molecule has 2 heterocycles. The minimum absolute atomic E-state index is 0.195. The second-order valence-electron chi connectivity index (χ2n) is 4.66. The van der Waals surface area contributed by atoms with Gasteiger partial charge in [0, 0.05) is 42.7 Å². The van der Waals surface area contributed by atoms with Crippen LogP contribution in [0.2, 0.25) is 0 Å². The molecule has 18 heavy (non-hydrogen) atoms. The van der Waals surface area contributed by atoms with E-state index in [4.69, 9.17) is 5.11 Å². The average molecular weight is 244 g/mol. The topological polar surface area (TPSA) is 54.3 Å². The molecule has 1 aliphatic rings. The van der Waals surface area contributed by atoms with E-state index in [2.05, 4.69) is 22.0 Å². The zero-order valence-corrected chi connectivity index (χ0v) is 10.1. The van der Waals surface area contributed by atoms with Crippen LogP contribution in [0.3, 0.4) is 0 Å². The number of aliphatic carboxylic acids is 1. The Kier molecular flexibility index (Phi) is 2.80. The fourth-order valence-electron chi connectivity index (χ4n) is 2.79. The molecule has 0 saturated heterocycles. The summed E-state index contributed by atoms with van der Waals surface area (Å²) in [5.41, 5.74) is 3.68. The number of fused-ring (bicyclic) bond motifs is 3. The van der Waals surface area contributed by atoms with E-state index in [9.17, 15) is 4.79 Å². The molecule has 94 valence electrons. The maximum Gasteiger partial charge on any atom is 0.303 e. The van der Waals surface area contributed by atoms with Crippen LogP contribution in [0.1, 0.15) is 17.7 Å². The smallest absolute Gasteiger partial charge is 0.303 e. The van der Waals surface area contributed by atoms with E-state index in [0.29, 0.717) is 6.42 Å². The van der Waals surface area contributed by atoms with Crippen LogP contribution in [0.25, 0.3) is 10.9 Å². The lowest BCUT2D eigenvalue weighted by Crippen LogP contribution is -2.28. The summed E-state index contributed by atoms with van der Waals surface area (Å²) < 4.78 is 2.32. The molecule has 0 spiro atoms. The third-order valence-electron chi connectivity index (χ3n) is 3.59. The van der Waals surface area contributed by atoms with E-state index < -0.39 is 5.97 Å². The van der Waals surface area contributed by atoms with Crippen LogP contribution in [0.15, 0.2) is 24.3 Å². The van der Waals surface area contributed by atoms with Crippen molar-refractivity contribution in [2.45, 2.75) is 25.9 Å². The zero-order valence-electron chi connectivity index (χ0n) is 10.1. The van der Waals surface area contributed by atoms with Crippen molar-refractivity contribution < 1.29 is 9.90 Å². The Morgan fingerprint density at radius 3 is 3.06 bits per heavy atom. The maximum absolute atomic E-state index is 10.8. The predicted octanol–water partition coefficient (Wildman–Crippen LogP) is 1.76. The van der Waals surface area contributed by atoms with Crippen LogP contribution < -0.4 is 5.32 Å². The zero-order chi connectivity index (χ0) is 12.5. The van der Waals surface area contributed by atoms with Gasteiger partial charge in [0.15, 0.2) is 0 Å². The van der Waals surface area contributed by atoms with Gasteiger partial charge in [-0.1, -0.05) is 18.2 Å². The molecule has 2 aromatic rings. The number of rotatable bonds is 3. The Morgan fingerprint density at radius 1 is 1.39 bits per heavy atom. The SMILES string of the molecule is O=C(O)CCc1c2n(c3ccccc13)CCNC2. The van der Waals surface area contributed by atoms with E-state index in [-0.39, 0.29) is 6.42 Å². The lowest BCUT2D eigenvalue weighted by atomic mass is 10.1. The number of aromatic nitrogens is 1. The number of carboxylic acids is 1. The van der Waals surface area contributed by atoms with Crippen molar-refractivity contribution in [3.05, 3.63) is 35.5 Å². The average Bonchev–Trinajstić information content (AvgIpc) is 2.71. The summed E-state index contributed by atoms with van der Waals surface area (Å²) in [6.45, 7) is 2.77. The van der Waals surface area contributed by atoms with Crippen LogP contribution in [0, 0.1) is 0 Å². The first kappa shape index (κ1) is 11.3. The summed E-state index contributed by atoms with van der Waals surface area (Å²) in [5.74, 6) is -0.734. The van der Waals surface area contributed by atoms with E-state index >= 15 is 0 Å². The Bertz CT molecular complexity index is 601. The molecule has 0 radical (unpaired) electrons. The third kappa shape index (κ3) is 1.78. The maximum atomic E-state index is 10.8. The molecule has 0 unspecified atom stereocenters. The highest BCUT2D eigenvalue weighted by molar-refractivity contribution is 5.86. The van der Waals surface area contributed by atoms with Gasteiger partial charge in [0.05, 0.1) is 0 Å². The number of benzene rings is 1.